The third-order valence-electron chi connectivity index (χ3n) is 1.38. The van der Waals surface area contributed by atoms with E-state index in [-0.39, 0.29) is 25.4 Å². The molecule has 1 heterocycles. The van der Waals surface area contributed by atoms with Gasteiger partial charge in [0.05, 0.1) is 0 Å². The van der Waals surface area contributed by atoms with Gasteiger partial charge in [0.25, 0.3) is 0 Å². The Hall–Kier alpha value is -0.0200. The van der Waals surface area contributed by atoms with Crippen molar-refractivity contribution in [1.29, 1.82) is 0 Å². The summed E-state index contributed by atoms with van der Waals surface area (Å²) in [5.41, 5.74) is 0. The summed E-state index contributed by atoms with van der Waals surface area (Å²) >= 11 is 0. The molecule has 0 saturated carbocycles. The van der Waals surface area contributed by atoms with Crippen LogP contribution in [0.2, 0.25) is 0 Å². The smallest absolute Gasteiger partial charge is 0.158 e. The van der Waals surface area contributed by atoms with Crippen LogP contribution in [0.4, 0.5) is 0 Å². The molecule has 1 fully saturated rings. The highest BCUT2D eigenvalue weighted by Crippen LogP contribution is 2.11. The number of carbonyl (C=O) groups excluding carboxylic acids is 1. The molecule has 2 nitrogen and oxygen atoms in total. The fraction of sp³-hybridized carbons (Fsp3) is 0.833. The molecule has 0 spiro atoms. The van der Waals surface area contributed by atoms with Crippen molar-refractivity contribution >= 4 is 19.3 Å². The van der Waals surface area contributed by atoms with E-state index in [1.807, 2.05) is 0 Å². The summed E-state index contributed by atoms with van der Waals surface area (Å²) in [7, 11) is 0. The average molecular weight is 148 g/mol. The molecular formula is C6H12O2S. The molecule has 0 aromatic carbocycles. The third-order valence-corrected chi connectivity index (χ3v) is 1.38. The maximum Gasteiger partial charge on any atom is 0.158 e. The van der Waals surface area contributed by atoms with E-state index in [1.54, 1.807) is 6.92 Å². The summed E-state index contributed by atoms with van der Waals surface area (Å²) < 4.78 is 5.06. The molecule has 0 unspecified atom stereocenters. The topological polar surface area (TPSA) is 26.3 Å². The Morgan fingerprint density at radius 3 is 2.56 bits per heavy atom. The number of hydrogen-bond acceptors (Lipinski definition) is 2. The summed E-state index contributed by atoms with van der Waals surface area (Å²) in [5.74, 6) is 0.169. The first-order valence-corrected chi connectivity index (χ1v) is 2.93. The van der Waals surface area contributed by atoms with E-state index < -0.39 is 0 Å². The SMILES string of the molecule is CC(=O)[C@@H]1CCCO1.S. The summed E-state index contributed by atoms with van der Waals surface area (Å²) in [6.45, 7) is 2.35. The van der Waals surface area contributed by atoms with E-state index in [9.17, 15) is 4.79 Å². The minimum atomic E-state index is -0.0741. The Morgan fingerprint density at radius 1 is 1.67 bits per heavy atom. The summed E-state index contributed by atoms with van der Waals surface area (Å²) in [4.78, 5) is 10.5. The molecule has 0 bridgehead atoms. The van der Waals surface area contributed by atoms with Crippen LogP contribution in [0, 0.1) is 0 Å². The van der Waals surface area contributed by atoms with Crippen molar-refractivity contribution in [2.75, 3.05) is 6.61 Å². The molecule has 9 heavy (non-hydrogen) atoms. The van der Waals surface area contributed by atoms with Crippen LogP contribution in [-0.4, -0.2) is 18.5 Å². The van der Waals surface area contributed by atoms with Crippen molar-refractivity contribution in [3.8, 4) is 0 Å². The van der Waals surface area contributed by atoms with Crippen LogP contribution in [0.15, 0.2) is 0 Å². The molecule has 0 radical (unpaired) electrons. The fourth-order valence-electron chi connectivity index (χ4n) is 0.898. The zero-order chi connectivity index (χ0) is 5.98. The van der Waals surface area contributed by atoms with Gasteiger partial charge in [-0.15, -0.1) is 0 Å². The number of ketones is 1. The van der Waals surface area contributed by atoms with Gasteiger partial charge in [0, 0.05) is 6.61 Å². The summed E-state index contributed by atoms with van der Waals surface area (Å²) in [6, 6.07) is 0. The molecule has 1 atom stereocenters. The van der Waals surface area contributed by atoms with Crippen molar-refractivity contribution in [3.05, 3.63) is 0 Å². The molecule has 1 saturated heterocycles. The number of hydrogen-bond donors (Lipinski definition) is 0. The lowest BCUT2D eigenvalue weighted by Crippen LogP contribution is -2.14. The highest BCUT2D eigenvalue weighted by Gasteiger charge is 2.18. The Balaban J connectivity index is 0.000000640. The monoisotopic (exact) mass is 148 g/mol. The first-order valence-electron chi connectivity index (χ1n) is 2.93. The summed E-state index contributed by atoms with van der Waals surface area (Å²) in [6.07, 6.45) is 1.90. The second-order valence-corrected chi connectivity index (χ2v) is 2.11. The van der Waals surface area contributed by atoms with Gasteiger partial charge in [-0.3, -0.25) is 4.79 Å². The highest BCUT2D eigenvalue weighted by atomic mass is 32.1. The third kappa shape index (κ3) is 2.37. The molecular weight excluding hydrogens is 136 g/mol. The van der Waals surface area contributed by atoms with E-state index in [1.165, 1.54) is 0 Å². The number of rotatable bonds is 1. The molecule has 0 aromatic rings. The minimum absolute atomic E-state index is 0. The number of ether oxygens (including phenoxy) is 1. The maximum atomic E-state index is 10.5. The van der Waals surface area contributed by atoms with E-state index in [4.69, 9.17) is 4.74 Å². The molecule has 1 rings (SSSR count). The number of carbonyl (C=O) groups is 1. The lowest BCUT2D eigenvalue weighted by Gasteiger charge is -2.00. The average Bonchev–Trinajstić information content (AvgIpc) is 2.12. The van der Waals surface area contributed by atoms with Crippen molar-refractivity contribution in [2.24, 2.45) is 0 Å². The quantitative estimate of drug-likeness (QED) is 0.551. The lowest BCUT2D eigenvalue weighted by atomic mass is 10.2. The molecule has 0 aromatic heterocycles. The van der Waals surface area contributed by atoms with Gasteiger partial charge in [-0.25, -0.2) is 0 Å². The zero-order valence-corrected chi connectivity index (χ0v) is 6.52. The normalized spacial score (nSPS) is 25.2. The van der Waals surface area contributed by atoms with Crippen LogP contribution in [0.5, 0.6) is 0 Å². The predicted molar refractivity (Wildman–Crippen MR) is 40.0 cm³/mol. The van der Waals surface area contributed by atoms with E-state index in [2.05, 4.69) is 0 Å². The van der Waals surface area contributed by atoms with Crippen molar-refractivity contribution in [3.63, 3.8) is 0 Å². The molecule has 3 heteroatoms. The van der Waals surface area contributed by atoms with Crippen molar-refractivity contribution in [1.82, 2.24) is 0 Å². The second-order valence-electron chi connectivity index (χ2n) is 2.11. The number of Topliss-reactive ketones (excluding diaryl/α,β-unsaturated/α-hetero) is 1. The fourth-order valence-corrected chi connectivity index (χ4v) is 0.898. The minimum Gasteiger partial charge on any atom is -0.370 e. The molecule has 1 aliphatic rings. The standard InChI is InChI=1S/C6H10O2.H2S/c1-5(7)6-3-2-4-8-6;/h6H,2-4H2,1H3;1H2/t6-;/m0./s1. The predicted octanol–water partition coefficient (Wildman–Crippen LogP) is 0.867. The van der Waals surface area contributed by atoms with Crippen molar-refractivity contribution < 1.29 is 9.53 Å². The highest BCUT2D eigenvalue weighted by molar-refractivity contribution is 7.59. The zero-order valence-electron chi connectivity index (χ0n) is 5.52. The second kappa shape index (κ2) is 3.90. The van der Waals surface area contributed by atoms with Crippen LogP contribution < -0.4 is 0 Å². The molecule has 0 N–H and O–H groups in total. The van der Waals surface area contributed by atoms with Crippen LogP contribution >= 0.6 is 13.5 Å². The Bertz CT molecular complexity index is 97.2. The Morgan fingerprint density at radius 2 is 2.33 bits per heavy atom. The molecule has 0 amide bonds. The van der Waals surface area contributed by atoms with Gasteiger partial charge >= 0.3 is 0 Å². The van der Waals surface area contributed by atoms with Gasteiger partial charge in [-0.05, 0) is 19.8 Å². The largest absolute Gasteiger partial charge is 0.370 e. The van der Waals surface area contributed by atoms with E-state index in [0.717, 1.165) is 19.4 Å². The van der Waals surface area contributed by atoms with Gasteiger partial charge in [-0.2, -0.15) is 13.5 Å². The van der Waals surface area contributed by atoms with Gasteiger partial charge in [0.2, 0.25) is 0 Å². The first-order chi connectivity index (χ1) is 3.80. The van der Waals surface area contributed by atoms with Crippen molar-refractivity contribution in [2.45, 2.75) is 25.9 Å². The van der Waals surface area contributed by atoms with Gasteiger partial charge in [0.1, 0.15) is 6.10 Å². The Kier molecular flexibility index (Phi) is 3.89. The van der Waals surface area contributed by atoms with Gasteiger partial charge in [0.15, 0.2) is 5.78 Å². The molecule has 54 valence electrons. The molecule has 1 aliphatic heterocycles. The Labute approximate surface area is 62.0 Å². The van der Waals surface area contributed by atoms with Crippen LogP contribution in [0.1, 0.15) is 19.8 Å². The molecule has 0 aliphatic carbocycles. The van der Waals surface area contributed by atoms with Crippen LogP contribution in [0.3, 0.4) is 0 Å². The van der Waals surface area contributed by atoms with E-state index >= 15 is 0 Å². The van der Waals surface area contributed by atoms with Crippen LogP contribution in [-0.2, 0) is 9.53 Å². The lowest BCUT2D eigenvalue weighted by molar-refractivity contribution is -0.125. The first kappa shape index (κ1) is 8.98. The van der Waals surface area contributed by atoms with Crippen LogP contribution in [0.25, 0.3) is 0 Å². The van der Waals surface area contributed by atoms with Gasteiger partial charge in [-0.1, -0.05) is 0 Å². The van der Waals surface area contributed by atoms with E-state index in [0.29, 0.717) is 0 Å². The van der Waals surface area contributed by atoms with Gasteiger partial charge < -0.3 is 4.74 Å². The maximum absolute atomic E-state index is 10.5. The summed E-state index contributed by atoms with van der Waals surface area (Å²) in [5, 5.41) is 0.